The molecule has 1 rings (SSSR count). The molecule has 1 N–H and O–H groups in total. The van der Waals surface area contributed by atoms with E-state index in [-0.39, 0.29) is 5.56 Å². The Labute approximate surface area is 110 Å². The Morgan fingerprint density at radius 2 is 1.94 bits per heavy atom. The molecule has 0 saturated heterocycles. The van der Waals surface area contributed by atoms with E-state index < -0.39 is 27.9 Å². The summed E-state index contributed by atoms with van der Waals surface area (Å²) < 4.78 is 58.8. The van der Waals surface area contributed by atoms with E-state index in [2.05, 4.69) is 20.7 Å². The third-order valence-corrected chi connectivity index (χ3v) is 3.41. The third-order valence-electron chi connectivity index (χ3n) is 1.84. The second-order valence-corrected chi connectivity index (χ2v) is 5.57. The molecule has 0 aliphatic heterocycles. The van der Waals surface area contributed by atoms with Crippen LogP contribution in [0.3, 0.4) is 0 Å². The number of benzene rings is 1. The number of hydrogen-bond donors (Lipinski definition) is 1. The average Bonchev–Trinajstić information content (AvgIpc) is 2.25. The molecule has 0 aliphatic carbocycles. The second-order valence-electron chi connectivity index (χ2n) is 3.17. The van der Waals surface area contributed by atoms with Gasteiger partial charge in [-0.25, -0.2) is 4.79 Å². The maximum atomic E-state index is 12.8. The van der Waals surface area contributed by atoms with Crippen molar-refractivity contribution < 1.29 is 31.3 Å². The smallest absolute Gasteiger partial charge is 0.402 e. The summed E-state index contributed by atoms with van der Waals surface area (Å²) in [6.45, 7) is -1.76. The van der Waals surface area contributed by atoms with Crippen LogP contribution in [0.1, 0.15) is 10.4 Å². The summed E-state index contributed by atoms with van der Waals surface area (Å²) in [7, 11) is -5.61. The Morgan fingerprint density at radius 1 is 1.39 bits per heavy atom. The minimum absolute atomic E-state index is 0.0383. The molecule has 1 aromatic carbocycles. The molecule has 9 heteroatoms. The molecule has 0 bridgehead atoms. The van der Waals surface area contributed by atoms with E-state index in [1.165, 1.54) is 18.2 Å². The van der Waals surface area contributed by atoms with Crippen LogP contribution in [0, 0.1) is 0 Å². The van der Waals surface area contributed by atoms with Gasteiger partial charge in [-0.15, -0.1) is 0 Å². The van der Waals surface area contributed by atoms with Crippen LogP contribution >= 0.6 is 15.9 Å². The fourth-order valence-corrected chi connectivity index (χ4v) is 1.58. The van der Waals surface area contributed by atoms with Crippen molar-refractivity contribution in [1.82, 2.24) is 0 Å². The summed E-state index contributed by atoms with van der Waals surface area (Å²) >= 11 is 3.00. The van der Waals surface area contributed by atoms with Gasteiger partial charge in [0.1, 0.15) is 0 Å². The van der Waals surface area contributed by atoms with E-state index in [0.29, 0.717) is 4.47 Å². The molecule has 5 nitrogen and oxygen atoms in total. The monoisotopic (exact) mass is 344 g/mol. The molecule has 0 radical (unpaired) electrons. The Kier molecular flexibility index (Phi) is 4.41. The highest BCUT2D eigenvalue weighted by Gasteiger charge is 2.45. The van der Waals surface area contributed by atoms with Crippen LogP contribution in [0.5, 0.6) is 0 Å². The van der Waals surface area contributed by atoms with Gasteiger partial charge in [0, 0.05) is 4.47 Å². The molecule has 0 aliphatic rings. The molecule has 0 spiro atoms. The lowest BCUT2D eigenvalue weighted by atomic mass is 10.2. The SMILES string of the molecule is O=C(OCC(F)(F)S(=O)(=O)O)c1ccccc1Br. The fraction of sp³-hybridized carbons (Fsp3) is 0.222. The highest BCUT2D eigenvalue weighted by molar-refractivity contribution is 9.10. The van der Waals surface area contributed by atoms with Gasteiger partial charge in [-0.2, -0.15) is 17.2 Å². The fourth-order valence-electron chi connectivity index (χ4n) is 0.929. The first-order chi connectivity index (χ1) is 8.15. The Morgan fingerprint density at radius 3 is 2.44 bits per heavy atom. The van der Waals surface area contributed by atoms with Crippen LogP contribution in [0.25, 0.3) is 0 Å². The van der Waals surface area contributed by atoms with Crippen molar-refractivity contribution in [3.05, 3.63) is 34.3 Å². The standard InChI is InChI=1S/C9H7BrF2O5S/c10-7-4-2-1-3-6(7)8(13)17-5-9(11,12)18(14,15)16/h1-4H,5H2,(H,14,15,16). The molecule has 0 saturated carbocycles. The minimum Gasteiger partial charge on any atom is -0.454 e. The van der Waals surface area contributed by atoms with Crippen molar-refractivity contribution in [1.29, 1.82) is 0 Å². The van der Waals surface area contributed by atoms with Crippen LogP contribution in [0.2, 0.25) is 0 Å². The quantitative estimate of drug-likeness (QED) is 0.668. The number of carbonyl (C=O) groups is 1. The summed E-state index contributed by atoms with van der Waals surface area (Å²) in [4.78, 5) is 11.4. The van der Waals surface area contributed by atoms with E-state index in [4.69, 9.17) is 4.55 Å². The van der Waals surface area contributed by atoms with Gasteiger partial charge in [0.15, 0.2) is 6.61 Å². The average molecular weight is 345 g/mol. The lowest BCUT2D eigenvalue weighted by Gasteiger charge is -2.13. The first kappa shape index (κ1) is 15.0. The first-order valence-corrected chi connectivity index (χ1v) is 6.65. The van der Waals surface area contributed by atoms with Crippen molar-refractivity contribution in [2.24, 2.45) is 0 Å². The number of esters is 1. The van der Waals surface area contributed by atoms with E-state index in [0.717, 1.165) is 0 Å². The Bertz CT molecular complexity index is 558. The number of rotatable bonds is 4. The third kappa shape index (κ3) is 3.47. The molecular formula is C9H7BrF2O5S. The van der Waals surface area contributed by atoms with Gasteiger partial charge < -0.3 is 4.74 Å². The van der Waals surface area contributed by atoms with Gasteiger partial charge in [-0.1, -0.05) is 12.1 Å². The predicted octanol–water partition coefficient (Wildman–Crippen LogP) is 2.09. The number of ether oxygens (including phenoxy) is 1. The van der Waals surface area contributed by atoms with Crippen LogP contribution in [0.4, 0.5) is 8.78 Å². The number of halogens is 3. The molecule has 0 aromatic heterocycles. The zero-order chi connectivity index (χ0) is 14.0. The summed E-state index contributed by atoms with van der Waals surface area (Å²) in [6.07, 6.45) is 0. The summed E-state index contributed by atoms with van der Waals surface area (Å²) in [5, 5.41) is -4.54. The molecule has 18 heavy (non-hydrogen) atoms. The molecule has 0 fully saturated rings. The highest BCUT2D eigenvalue weighted by atomic mass is 79.9. The van der Waals surface area contributed by atoms with Crippen molar-refractivity contribution in [3.8, 4) is 0 Å². The lowest BCUT2D eigenvalue weighted by Crippen LogP contribution is -2.34. The van der Waals surface area contributed by atoms with Crippen molar-refractivity contribution in [2.45, 2.75) is 5.25 Å². The lowest BCUT2D eigenvalue weighted by molar-refractivity contribution is -0.00956. The van der Waals surface area contributed by atoms with Crippen molar-refractivity contribution in [2.75, 3.05) is 6.61 Å². The molecule has 0 unspecified atom stereocenters. The van der Waals surface area contributed by atoms with Crippen molar-refractivity contribution >= 4 is 32.0 Å². The molecule has 100 valence electrons. The van der Waals surface area contributed by atoms with Gasteiger partial charge in [-0.3, -0.25) is 4.55 Å². The second kappa shape index (κ2) is 5.29. The Balaban J connectivity index is 2.77. The molecule has 1 aromatic rings. The molecular weight excluding hydrogens is 338 g/mol. The zero-order valence-electron chi connectivity index (χ0n) is 8.64. The Hall–Kier alpha value is -1.06. The van der Waals surface area contributed by atoms with E-state index in [1.807, 2.05) is 0 Å². The predicted molar refractivity (Wildman–Crippen MR) is 60.9 cm³/mol. The van der Waals surface area contributed by atoms with Crippen LogP contribution in [-0.2, 0) is 14.9 Å². The van der Waals surface area contributed by atoms with Gasteiger partial charge in [0.05, 0.1) is 5.56 Å². The number of hydrogen-bond acceptors (Lipinski definition) is 4. The van der Waals surface area contributed by atoms with Crippen molar-refractivity contribution in [3.63, 3.8) is 0 Å². The molecule has 0 heterocycles. The maximum absolute atomic E-state index is 12.8. The summed E-state index contributed by atoms with van der Waals surface area (Å²) in [6, 6.07) is 5.85. The topological polar surface area (TPSA) is 80.7 Å². The van der Waals surface area contributed by atoms with Gasteiger partial charge in [-0.05, 0) is 28.1 Å². The summed E-state index contributed by atoms with van der Waals surface area (Å²) in [5.74, 6) is -1.13. The van der Waals surface area contributed by atoms with Crippen LogP contribution in [0.15, 0.2) is 28.7 Å². The number of carbonyl (C=O) groups excluding carboxylic acids is 1. The zero-order valence-corrected chi connectivity index (χ0v) is 11.0. The van der Waals surface area contributed by atoms with Gasteiger partial charge >= 0.3 is 21.3 Å². The van der Waals surface area contributed by atoms with Gasteiger partial charge in [0.2, 0.25) is 0 Å². The molecule has 0 atom stereocenters. The van der Waals surface area contributed by atoms with Crippen LogP contribution < -0.4 is 0 Å². The van der Waals surface area contributed by atoms with E-state index >= 15 is 0 Å². The van der Waals surface area contributed by atoms with Crippen LogP contribution in [-0.4, -0.2) is 30.8 Å². The normalized spacial score (nSPS) is 12.2. The first-order valence-electron chi connectivity index (χ1n) is 4.41. The van der Waals surface area contributed by atoms with Gasteiger partial charge in [0.25, 0.3) is 0 Å². The minimum atomic E-state index is -5.61. The summed E-state index contributed by atoms with van der Waals surface area (Å²) in [5.41, 5.74) is -0.0383. The maximum Gasteiger partial charge on any atom is 0.402 e. The van der Waals surface area contributed by atoms with E-state index in [1.54, 1.807) is 6.07 Å². The molecule has 0 amide bonds. The van der Waals surface area contributed by atoms with E-state index in [9.17, 15) is 22.0 Å². The number of alkyl halides is 2. The largest absolute Gasteiger partial charge is 0.454 e. The highest BCUT2D eigenvalue weighted by Crippen LogP contribution is 2.22.